The van der Waals surface area contributed by atoms with Crippen LogP contribution in [-0.4, -0.2) is 21.9 Å². The van der Waals surface area contributed by atoms with Crippen molar-refractivity contribution in [3.8, 4) is 5.69 Å². The van der Waals surface area contributed by atoms with Crippen LogP contribution in [0.2, 0.25) is 0 Å². The van der Waals surface area contributed by atoms with Crippen LogP contribution in [0.15, 0.2) is 77.8 Å². The Balaban J connectivity index is 1.64. The van der Waals surface area contributed by atoms with Crippen LogP contribution in [-0.2, 0) is 0 Å². The molecule has 0 fully saturated rings. The van der Waals surface area contributed by atoms with Gasteiger partial charge in [0.1, 0.15) is 0 Å². The van der Waals surface area contributed by atoms with Gasteiger partial charge in [0.25, 0.3) is 5.91 Å². The molecule has 0 saturated carbocycles. The Labute approximate surface area is 174 Å². The number of thioether (sulfide) groups is 1. The minimum Gasteiger partial charge on any atom is -0.345 e. The van der Waals surface area contributed by atoms with Crippen molar-refractivity contribution in [2.45, 2.75) is 24.8 Å². The Kier molecular flexibility index (Phi) is 5.41. The smallest absolute Gasteiger partial charge is 0.252 e. The first-order chi connectivity index (χ1) is 14.1. The van der Waals surface area contributed by atoms with Crippen molar-refractivity contribution >= 4 is 28.4 Å². The summed E-state index contributed by atoms with van der Waals surface area (Å²) in [6.45, 7) is 4.04. The lowest BCUT2D eigenvalue weighted by atomic mass is 10.1. The van der Waals surface area contributed by atoms with Crippen LogP contribution >= 0.6 is 11.8 Å². The number of amides is 1. The molecule has 1 amide bonds. The molecule has 1 aromatic heterocycles. The average molecular weight is 402 g/mol. The molecule has 1 atom stereocenters. The van der Waals surface area contributed by atoms with Crippen molar-refractivity contribution in [1.29, 1.82) is 0 Å². The van der Waals surface area contributed by atoms with Crippen LogP contribution in [0.1, 0.15) is 34.6 Å². The predicted molar refractivity (Wildman–Crippen MR) is 120 cm³/mol. The maximum absolute atomic E-state index is 12.8. The topological polar surface area (TPSA) is 46.9 Å². The van der Waals surface area contributed by atoms with Crippen LogP contribution in [0.4, 0.5) is 0 Å². The number of nitrogens with one attached hydrogen (secondary N) is 1. The highest BCUT2D eigenvalue weighted by Crippen LogP contribution is 2.26. The van der Waals surface area contributed by atoms with Crippen molar-refractivity contribution < 1.29 is 4.79 Å². The molecule has 146 valence electrons. The monoisotopic (exact) mass is 401 g/mol. The maximum Gasteiger partial charge on any atom is 0.252 e. The molecular weight excluding hydrogens is 378 g/mol. The zero-order valence-electron chi connectivity index (χ0n) is 16.7. The van der Waals surface area contributed by atoms with E-state index in [9.17, 15) is 4.79 Å². The quantitative estimate of drug-likeness (QED) is 0.446. The van der Waals surface area contributed by atoms with Crippen molar-refractivity contribution in [1.82, 2.24) is 15.1 Å². The third-order valence-electron chi connectivity index (χ3n) is 5.21. The summed E-state index contributed by atoms with van der Waals surface area (Å²) in [5.41, 5.74) is 3.77. The van der Waals surface area contributed by atoms with E-state index >= 15 is 0 Å². The number of carbonyl (C=O) groups excluding carboxylic acids is 1. The molecule has 0 aliphatic heterocycles. The molecule has 4 rings (SSSR count). The number of nitrogens with zero attached hydrogens (tertiary/aromatic N) is 2. The third kappa shape index (κ3) is 3.66. The van der Waals surface area contributed by atoms with Crippen LogP contribution in [0.5, 0.6) is 0 Å². The second-order valence-electron chi connectivity index (χ2n) is 6.99. The number of hydrogen-bond donors (Lipinski definition) is 1. The molecule has 29 heavy (non-hydrogen) atoms. The van der Waals surface area contributed by atoms with Gasteiger partial charge < -0.3 is 5.32 Å². The van der Waals surface area contributed by atoms with E-state index in [0.717, 1.165) is 27.2 Å². The van der Waals surface area contributed by atoms with E-state index in [1.54, 1.807) is 11.8 Å². The normalized spacial score (nSPS) is 12.1. The minimum absolute atomic E-state index is 0.0697. The van der Waals surface area contributed by atoms with Crippen molar-refractivity contribution in [3.05, 3.63) is 89.7 Å². The molecule has 5 heteroatoms. The molecule has 0 aliphatic carbocycles. The highest BCUT2D eigenvalue weighted by Gasteiger charge is 2.19. The Morgan fingerprint density at radius 2 is 1.76 bits per heavy atom. The van der Waals surface area contributed by atoms with Gasteiger partial charge in [0.05, 0.1) is 23.5 Å². The van der Waals surface area contributed by atoms with E-state index in [2.05, 4.69) is 34.7 Å². The van der Waals surface area contributed by atoms with E-state index < -0.39 is 0 Å². The summed E-state index contributed by atoms with van der Waals surface area (Å²) in [5, 5.41) is 10.1. The summed E-state index contributed by atoms with van der Waals surface area (Å²) >= 11 is 1.57. The summed E-state index contributed by atoms with van der Waals surface area (Å²) in [7, 11) is 0. The van der Waals surface area contributed by atoms with E-state index in [1.807, 2.05) is 73.4 Å². The first-order valence-corrected chi connectivity index (χ1v) is 10.8. The van der Waals surface area contributed by atoms with Crippen molar-refractivity contribution in [3.63, 3.8) is 0 Å². The van der Waals surface area contributed by atoms with Gasteiger partial charge in [-0.15, -0.1) is 11.8 Å². The number of carbonyl (C=O) groups is 1. The van der Waals surface area contributed by atoms with Gasteiger partial charge >= 0.3 is 0 Å². The van der Waals surface area contributed by atoms with Gasteiger partial charge in [0.2, 0.25) is 0 Å². The second kappa shape index (κ2) is 8.13. The maximum atomic E-state index is 12.8. The van der Waals surface area contributed by atoms with Crippen LogP contribution in [0.3, 0.4) is 0 Å². The first kappa shape index (κ1) is 19.3. The van der Waals surface area contributed by atoms with Crippen LogP contribution in [0, 0.1) is 6.92 Å². The molecule has 0 bridgehead atoms. The van der Waals surface area contributed by atoms with E-state index in [0.29, 0.717) is 5.56 Å². The Morgan fingerprint density at radius 1 is 1.03 bits per heavy atom. The molecule has 0 saturated heterocycles. The molecule has 1 N–H and O–H groups in total. The highest BCUT2D eigenvalue weighted by atomic mass is 32.2. The molecule has 0 radical (unpaired) electrons. The molecular formula is C24H23N3OS. The number of aromatic nitrogens is 2. The molecule has 1 heterocycles. The second-order valence-corrected chi connectivity index (χ2v) is 7.84. The van der Waals surface area contributed by atoms with E-state index in [1.165, 1.54) is 5.39 Å². The number of hydrogen-bond acceptors (Lipinski definition) is 3. The zero-order chi connectivity index (χ0) is 20.4. The fourth-order valence-electron chi connectivity index (χ4n) is 3.67. The summed E-state index contributed by atoms with van der Waals surface area (Å²) < 4.78 is 1.95. The SMILES string of the molecule is CSc1ccccc1C(=O)NC(C)c1cnn(-c2cccc3ccccc23)c1C. The minimum atomic E-state index is -0.152. The number of rotatable bonds is 5. The Morgan fingerprint density at radius 3 is 2.59 bits per heavy atom. The van der Waals surface area contributed by atoms with Gasteiger partial charge in [-0.05, 0) is 43.7 Å². The highest BCUT2D eigenvalue weighted by molar-refractivity contribution is 7.98. The standard InChI is InChI=1S/C24H23N3OS/c1-16(26-24(28)20-12-6-7-14-23(20)29-3)21-15-25-27(17(21)2)22-13-8-10-18-9-4-5-11-19(18)22/h4-16H,1-3H3,(H,26,28). The zero-order valence-corrected chi connectivity index (χ0v) is 17.5. The lowest BCUT2D eigenvalue weighted by Gasteiger charge is -2.16. The number of benzene rings is 3. The molecule has 1 unspecified atom stereocenters. The summed E-state index contributed by atoms with van der Waals surface area (Å²) in [5.74, 6) is -0.0697. The lowest BCUT2D eigenvalue weighted by molar-refractivity contribution is 0.0937. The Hall–Kier alpha value is -3.05. The summed E-state index contributed by atoms with van der Waals surface area (Å²) in [6.07, 6.45) is 3.83. The van der Waals surface area contributed by atoms with E-state index in [4.69, 9.17) is 0 Å². The molecule has 3 aromatic carbocycles. The third-order valence-corrected chi connectivity index (χ3v) is 6.00. The van der Waals surface area contributed by atoms with Crippen molar-refractivity contribution in [2.75, 3.05) is 6.26 Å². The van der Waals surface area contributed by atoms with E-state index in [-0.39, 0.29) is 11.9 Å². The predicted octanol–water partition coefficient (Wildman–Crippen LogP) is 5.55. The first-order valence-electron chi connectivity index (χ1n) is 9.56. The lowest BCUT2D eigenvalue weighted by Crippen LogP contribution is -2.27. The molecule has 0 spiro atoms. The van der Waals surface area contributed by atoms with Crippen LogP contribution in [0.25, 0.3) is 16.5 Å². The average Bonchev–Trinajstić information content (AvgIpc) is 3.14. The fourth-order valence-corrected chi connectivity index (χ4v) is 4.26. The summed E-state index contributed by atoms with van der Waals surface area (Å²) in [6, 6.07) is 22.0. The van der Waals surface area contributed by atoms with Gasteiger partial charge in [-0.1, -0.05) is 48.5 Å². The van der Waals surface area contributed by atoms with Gasteiger partial charge in [-0.25, -0.2) is 4.68 Å². The molecule has 4 nitrogen and oxygen atoms in total. The van der Waals surface area contributed by atoms with Gasteiger partial charge in [-0.3, -0.25) is 4.79 Å². The molecule has 0 aliphatic rings. The number of fused-ring (bicyclic) bond motifs is 1. The largest absolute Gasteiger partial charge is 0.345 e. The van der Waals surface area contributed by atoms with Gasteiger partial charge in [0.15, 0.2) is 0 Å². The summed E-state index contributed by atoms with van der Waals surface area (Å²) in [4.78, 5) is 13.8. The van der Waals surface area contributed by atoms with Gasteiger partial charge in [0, 0.05) is 21.5 Å². The van der Waals surface area contributed by atoms with Crippen LogP contribution < -0.4 is 5.32 Å². The fraction of sp³-hybridized carbons (Fsp3) is 0.167. The van der Waals surface area contributed by atoms with Gasteiger partial charge in [-0.2, -0.15) is 5.10 Å². The van der Waals surface area contributed by atoms with Crippen molar-refractivity contribution in [2.24, 2.45) is 0 Å². The Bertz CT molecular complexity index is 1180. The molecule has 4 aromatic rings.